The van der Waals surface area contributed by atoms with Crippen LogP contribution < -0.4 is 21.2 Å². The number of aromatic hydroxyl groups is 1. The summed E-state index contributed by atoms with van der Waals surface area (Å²) in [5, 5.41) is 20.7. The van der Waals surface area contributed by atoms with E-state index in [1.807, 2.05) is 4.90 Å². The topological polar surface area (TPSA) is 107 Å². The smallest absolute Gasteiger partial charge is 0.416 e. The summed E-state index contributed by atoms with van der Waals surface area (Å²) in [6, 6.07) is 8.95. The second-order valence-corrected chi connectivity index (χ2v) is 10.6. The molecule has 0 atom stereocenters. The van der Waals surface area contributed by atoms with Gasteiger partial charge in [-0.25, -0.2) is 0 Å². The molecule has 1 amide bonds. The molecule has 2 aromatic carbocycles. The molecule has 0 bridgehead atoms. The van der Waals surface area contributed by atoms with Gasteiger partial charge < -0.3 is 20.6 Å². The fourth-order valence-electron chi connectivity index (χ4n) is 4.68. The summed E-state index contributed by atoms with van der Waals surface area (Å²) in [5.74, 6) is -0.407. The molecule has 3 aromatic rings. The number of alkyl halides is 3. The molecule has 5 rings (SSSR count). The molecule has 1 saturated heterocycles. The Morgan fingerprint density at radius 3 is 2.72 bits per heavy atom. The van der Waals surface area contributed by atoms with Gasteiger partial charge in [-0.3, -0.25) is 4.79 Å². The lowest BCUT2D eigenvalue weighted by molar-refractivity contribution is -0.138. The van der Waals surface area contributed by atoms with E-state index in [-0.39, 0.29) is 35.3 Å². The number of anilines is 1. The maximum atomic E-state index is 13.9. The number of thiazole rings is 1. The van der Waals surface area contributed by atoms with E-state index in [0.29, 0.717) is 58.8 Å². The van der Waals surface area contributed by atoms with Crippen LogP contribution in [0, 0.1) is 0 Å². The third-order valence-electron chi connectivity index (χ3n) is 6.65. The summed E-state index contributed by atoms with van der Waals surface area (Å²) in [7, 11) is 0. The highest BCUT2D eigenvalue weighted by atomic mass is 35.5. The fraction of sp³-hybridized carbons (Fsp3) is 0.308. The highest BCUT2D eigenvalue weighted by Gasteiger charge is 2.34. The Kier molecular flexibility index (Phi) is 7.61. The Labute approximate surface area is 230 Å². The van der Waals surface area contributed by atoms with Gasteiger partial charge in [0, 0.05) is 43.2 Å². The second-order valence-electron chi connectivity index (χ2n) is 9.15. The van der Waals surface area contributed by atoms with Crippen molar-refractivity contribution in [2.75, 3.05) is 37.6 Å². The van der Waals surface area contributed by atoms with E-state index in [0.717, 1.165) is 11.6 Å². The minimum atomic E-state index is -4.62. The number of benzene rings is 2. The number of carbonyl (C=O) groups is 1. The number of hydrogen-bond acceptors (Lipinski definition) is 8. The zero-order chi connectivity index (χ0) is 27.7. The Morgan fingerprint density at radius 2 is 1.95 bits per heavy atom. The number of hydrogen-bond donors (Lipinski definition) is 2. The van der Waals surface area contributed by atoms with Crippen LogP contribution in [0.15, 0.2) is 46.6 Å². The molecular formula is C26H24ClF3N6O2S. The molecule has 1 aromatic heterocycles. The average Bonchev–Trinajstić information content (AvgIpc) is 3.45. The molecule has 204 valence electrons. The van der Waals surface area contributed by atoms with Crippen molar-refractivity contribution < 1.29 is 23.1 Å². The maximum absolute atomic E-state index is 13.9. The van der Waals surface area contributed by atoms with E-state index in [1.54, 1.807) is 29.3 Å². The first-order chi connectivity index (χ1) is 18.6. The lowest BCUT2D eigenvalue weighted by Crippen LogP contribution is -2.38. The third-order valence-corrected chi connectivity index (χ3v) is 8.05. The average molecular weight is 577 g/mol. The summed E-state index contributed by atoms with van der Waals surface area (Å²) in [6.07, 6.45) is -2.49. The number of aromatic nitrogens is 1. The highest BCUT2D eigenvalue weighted by Crippen LogP contribution is 2.39. The first-order valence-electron chi connectivity index (χ1n) is 12.2. The van der Waals surface area contributed by atoms with Gasteiger partial charge in [-0.1, -0.05) is 35.1 Å². The van der Waals surface area contributed by atoms with E-state index in [2.05, 4.69) is 15.2 Å². The van der Waals surface area contributed by atoms with Crippen molar-refractivity contribution in [3.05, 3.63) is 73.6 Å². The lowest BCUT2D eigenvalue weighted by Gasteiger charge is -2.21. The van der Waals surface area contributed by atoms with E-state index >= 15 is 0 Å². The fourth-order valence-corrected chi connectivity index (χ4v) is 5.93. The first kappa shape index (κ1) is 27.1. The molecule has 2 aliphatic rings. The zero-order valence-electron chi connectivity index (χ0n) is 20.6. The van der Waals surface area contributed by atoms with Gasteiger partial charge in [0.1, 0.15) is 0 Å². The van der Waals surface area contributed by atoms with E-state index in [1.165, 1.54) is 23.5 Å². The lowest BCUT2D eigenvalue weighted by atomic mass is 9.96. The first-order valence-corrected chi connectivity index (χ1v) is 13.4. The van der Waals surface area contributed by atoms with Gasteiger partial charge in [0.15, 0.2) is 5.13 Å². The minimum absolute atomic E-state index is 0.0146. The van der Waals surface area contributed by atoms with Crippen molar-refractivity contribution in [3.8, 4) is 5.88 Å². The SMILES string of the molecule is NCC(=O)N1CCCN(c2nc(O)c(C(Cc3ccc(Cl)cc3C(F)(F)F)=c3ccc4c(c3)C=NN=4)s2)CC1. The molecule has 2 aliphatic heterocycles. The maximum Gasteiger partial charge on any atom is 0.416 e. The number of nitrogens with two attached hydrogens (primary N) is 1. The van der Waals surface area contributed by atoms with Crippen molar-refractivity contribution in [1.29, 1.82) is 0 Å². The third kappa shape index (κ3) is 5.77. The summed E-state index contributed by atoms with van der Waals surface area (Å²) in [6.45, 7) is 2.04. The molecule has 3 heterocycles. The van der Waals surface area contributed by atoms with Gasteiger partial charge in [-0.2, -0.15) is 28.4 Å². The van der Waals surface area contributed by atoms with Gasteiger partial charge in [-0.05, 0) is 47.0 Å². The van der Waals surface area contributed by atoms with Crippen LogP contribution in [0.25, 0.3) is 5.57 Å². The standard InChI is InChI=1S/C26H24ClF3N6O2S/c27-18-4-2-16(20(12-18)26(28,29)30)11-19(15-3-5-21-17(10-15)14-32-34-21)23-24(38)33-25(39-23)36-7-1-6-35(8-9-36)22(37)13-31/h2-5,10,12,14,38H,1,6-9,11,13,31H2. The second kappa shape index (κ2) is 10.9. The zero-order valence-corrected chi connectivity index (χ0v) is 22.2. The molecule has 0 radical (unpaired) electrons. The minimum Gasteiger partial charge on any atom is -0.492 e. The quantitative estimate of drug-likeness (QED) is 0.486. The molecular weight excluding hydrogens is 553 g/mol. The van der Waals surface area contributed by atoms with Gasteiger partial charge in [0.05, 0.1) is 28.6 Å². The monoisotopic (exact) mass is 576 g/mol. The van der Waals surface area contributed by atoms with E-state index in [9.17, 15) is 23.1 Å². The van der Waals surface area contributed by atoms with Crippen molar-refractivity contribution >= 4 is 45.8 Å². The Morgan fingerprint density at radius 1 is 1.13 bits per heavy atom. The Balaban J connectivity index is 1.58. The molecule has 0 unspecified atom stereocenters. The summed E-state index contributed by atoms with van der Waals surface area (Å²) in [4.78, 5) is 20.5. The summed E-state index contributed by atoms with van der Waals surface area (Å²) in [5.41, 5.74) is 5.88. The van der Waals surface area contributed by atoms with Gasteiger partial charge in [0.2, 0.25) is 11.8 Å². The molecule has 0 spiro atoms. The number of rotatable bonds is 5. The number of halogens is 4. The summed E-state index contributed by atoms with van der Waals surface area (Å²) < 4.78 is 41.8. The van der Waals surface area contributed by atoms with Crippen LogP contribution in [0.3, 0.4) is 0 Å². The number of nitrogens with zero attached hydrogens (tertiary/aromatic N) is 5. The van der Waals surface area contributed by atoms with Crippen molar-refractivity contribution in [3.63, 3.8) is 0 Å². The largest absolute Gasteiger partial charge is 0.492 e. The van der Waals surface area contributed by atoms with Crippen LogP contribution in [0.1, 0.15) is 28.0 Å². The van der Waals surface area contributed by atoms with Crippen LogP contribution in [-0.4, -0.2) is 59.8 Å². The van der Waals surface area contributed by atoms with E-state index in [4.69, 9.17) is 17.3 Å². The molecule has 39 heavy (non-hydrogen) atoms. The summed E-state index contributed by atoms with van der Waals surface area (Å²) >= 11 is 7.11. The predicted molar refractivity (Wildman–Crippen MR) is 144 cm³/mol. The van der Waals surface area contributed by atoms with Crippen molar-refractivity contribution in [1.82, 2.24) is 9.88 Å². The van der Waals surface area contributed by atoms with Crippen LogP contribution >= 0.6 is 22.9 Å². The Hall–Kier alpha value is -3.48. The van der Waals surface area contributed by atoms with Gasteiger partial charge >= 0.3 is 6.18 Å². The molecule has 13 heteroatoms. The normalized spacial score (nSPS) is 16.1. The Bertz CT molecular complexity index is 1570. The van der Waals surface area contributed by atoms with Crippen LogP contribution in [-0.2, 0) is 17.4 Å². The number of amides is 1. The number of fused-ring (bicyclic) bond motifs is 1. The number of carbonyl (C=O) groups excluding carboxylic acids is 1. The molecule has 3 N–H and O–H groups in total. The van der Waals surface area contributed by atoms with Gasteiger partial charge in [0.25, 0.3) is 0 Å². The van der Waals surface area contributed by atoms with Crippen LogP contribution in [0.4, 0.5) is 18.3 Å². The van der Waals surface area contributed by atoms with Gasteiger partial charge in [-0.15, -0.1) is 0 Å². The molecule has 0 aliphatic carbocycles. The van der Waals surface area contributed by atoms with Crippen molar-refractivity contribution in [2.45, 2.75) is 19.0 Å². The molecule has 8 nitrogen and oxygen atoms in total. The van der Waals surface area contributed by atoms with Crippen LogP contribution in [0.2, 0.25) is 5.02 Å². The highest BCUT2D eigenvalue weighted by molar-refractivity contribution is 7.17. The van der Waals surface area contributed by atoms with Crippen molar-refractivity contribution in [2.24, 2.45) is 15.9 Å². The molecule has 0 saturated carbocycles. The predicted octanol–water partition coefficient (Wildman–Crippen LogP) is 2.93. The molecule has 1 fully saturated rings. The van der Waals surface area contributed by atoms with Crippen LogP contribution in [0.5, 0.6) is 5.88 Å². The van der Waals surface area contributed by atoms with E-state index < -0.39 is 11.7 Å².